The van der Waals surface area contributed by atoms with E-state index in [0.717, 1.165) is 12.1 Å². The van der Waals surface area contributed by atoms with Gasteiger partial charge in [-0.2, -0.15) is 0 Å². The molecule has 0 radical (unpaired) electrons. The highest BCUT2D eigenvalue weighted by molar-refractivity contribution is 14.0. The first-order valence-corrected chi connectivity index (χ1v) is 9.00. The van der Waals surface area contributed by atoms with Gasteiger partial charge in [0, 0.05) is 18.7 Å². The Bertz CT molecular complexity index is 781. The number of guanidine groups is 1. The highest BCUT2D eigenvalue weighted by Gasteiger charge is 2.09. The predicted octanol–water partition coefficient (Wildman–Crippen LogP) is 4.09. The minimum absolute atomic E-state index is 0. The van der Waals surface area contributed by atoms with Crippen LogP contribution < -0.4 is 20.5 Å². The molecule has 0 unspecified atom stereocenters. The fourth-order valence-electron chi connectivity index (χ4n) is 2.58. The van der Waals surface area contributed by atoms with Crippen LogP contribution in [0.5, 0.6) is 11.5 Å². The fraction of sp³-hybridized carbons (Fsp3) is 0.381. The lowest BCUT2D eigenvalue weighted by Gasteiger charge is -2.22. The molecule has 0 aliphatic carbocycles. The summed E-state index contributed by atoms with van der Waals surface area (Å²) in [5.74, 6) is 1.72. The number of aliphatic imine (C=N–C) groups is 1. The lowest BCUT2D eigenvalue weighted by Crippen LogP contribution is -2.26. The standard InChI is InChI=1S/C21H30N4O2.HI/c1-15(2)25(3)14-17-9-7-6-8-16(17)13-23-21(22)24-19-12-18(26-4)10-11-20(19)27-5;/h6-12,15H,13-14H2,1-5H3,(H3,22,23,24);1H. The van der Waals surface area contributed by atoms with Crippen LogP contribution in [0.1, 0.15) is 25.0 Å². The maximum atomic E-state index is 6.10. The van der Waals surface area contributed by atoms with Crippen LogP contribution in [0.25, 0.3) is 0 Å². The van der Waals surface area contributed by atoms with E-state index in [4.69, 9.17) is 15.2 Å². The molecule has 3 N–H and O–H groups in total. The molecule has 0 saturated carbocycles. The number of benzene rings is 2. The number of anilines is 1. The van der Waals surface area contributed by atoms with Crippen LogP contribution >= 0.6 is 24.0 Å². The van der Waals surface area contributed by atoms with E-state index >= 15 is 0 Å². The number of nitrogens with zero attached hydrogens (tertiary/aromatic N) is 2. The van der Waals surface area contributed by atoms with Gasteiger partial charge in [-0.1, -0.05) is 24.3 Å². The second kappa shape index (κ2) is 11.8. The number of ether oxygens (including phenoxy) is 2. The van der Waals surface area contributed by atoms with Crippen LogP contribution in [0.3, 0.4) is 0 Å². The minimum Gasteiger partial charge on any atom is -0.497 e. The number of nitrogens with two attached hydrogens (primary N) is 1. The van der Waals surface area contributed by atoms with E-state index in [1.165, 1.54) is 5.56 Å². The third-order valence-electron chi connectivity index (χ3n) is 4.51. The molecule has 2 aromatic rings. The van der Waals surface area contributed by atoms with E-state index in [1.54, 1.807) is 14.2 Å². The average molecular weight is 498 g/mol. The Balaban J connectivity index is 0.00000392. The van der Waals surface area contributed by atoms with E-state index in [0.29, 0.717) is 35.7 Å². The van der Waals surface area contributed by atoms with Crippen molar-refractivity contribution in [2.75, 3.05) is 26.6 Å². The Kier molecular flexibility index (Phi) is 10.1. The number of hydrogen-bond donors (Lipinski definition) is 2. The van der Waals surface area contributed by atoms with Gasteiger partial charge in [-0.3, -0.25) is 4.90 Å². The van der Waals surface area contributed by atoms with Crippen molar-refractivity contribution < 1.29 is 9.47 Å². The third-order valence-corrected chi connectivity index (χ3v) is 4.51. The average Bonchev–Trinajstić information content (AvgIpc) is 2.67. The Hall–Kier alpha value is -2.00. The molecule has 7 heteroatoms. The largest absolute Gasteiger partial charge is 0.497 e. The van der Waals surface area contributed by atoms with Crippen molar-refractivity contribution in [2.45, 2.75) is 33.0 Å². The summed E-state index contributed by atoms with van der Waals surface area (Å²) in [4.78, 5) is 6.80. The van der Waals surface area contributed by atoms with Crippen molar-refractivity contribution in [1.29, 1.82) is 0 Å². The topological polar surface area (TPSA) is 72.1 Å². The molecule has 28 heavy (non-hydrogen) atoms. The van der Waals surface area contributed by atoms with Crippen LogP contribution in [0.4, 0.5) is 5.69 Å². The SMILES string of the molecule is COc1ccc(OC)c(NC(N)=NCc2ccccc2CN(C)C(C)C)c1.I. The molecule has 0 fully saturated rings. The molecule has 2 rings (SSSR count). The van der Waals surface area contributed by atoms with Crippen LogP contribution in [0, 0.1) is 0 Å². The number of hydrogen-bond acceptors (Lipinski definition) is 4. The van der Waals surface area contributed by atoms with Crippen LogP contribution in [0.15, 0.2) is 47.5 Å². The van der Waals surface area contributed by atoms with Gasteiger partial charge in [0.2, 0.25) is 0 Å². The highest BCUT2D eigenvalue weighted by atomic mass is 127. The van der Waals surface area contributed by atoms with Gasteiger partial charge < -0.3 is 20.5 Å². The summed E-state index contributed by atoms with van der Waals surface area (Å²) in [6, 6.07) is 14.3. The Morgan fingerprint density at radius 2 is 1.79 bits per heavy atom. The van der Waals surface area contributed by atoms with E-state index in [1.807, 2.05) is 24.3 Å². The summed E-state index contributed by atoms with van der Waals surface area (Å²) in [5.41, 5.74) is 9.23. The molecule has 154 valence electrons. The van der Waals surface area contributed by atoms with Gasteiger partial charge in [0.05, 0.1) is 26.5 Å². The molecule has 2 aromatic carbocycles. The highest BCUT2D eigenvalue weighted by Crippen LogP contribution is 2.28. The lowest BCUT2D eigenvalue weighted by molar-refractivity contribution is 0.265. The van der Waals surface area contributed by atoms with E-state index in [2.05, 4.69) is 54.3 Å². The van der Waals surface area contributed by atoms with Crippen LogP contribution in [-0.4, -0.2) is 38.2 Å². The van der Waals surface area contributed by atoms with Crippen molar-refractivity contribution in [3.63, 3.8) is 0 Å². The molecule has 0 amide bonds. The number of nitrogens with one attached hydrogen (secondary N) is 1. The summed E-state index contributed by atoms with van der Waals surface area (Å²) < 4.78 is 10.6. The quantitative estimate of drug-likeness (QED) is 0.326. The molecule has 0 aliphatic heterocycles. The maximum Gasteiger partial charge on any atom is 0.193 e. The molecule has 0 bridgehead atoms. The van der Waals surface area contributed by atoms with Gasteiger partial charge >= 0.3 is 0 Å². The van der Waals surface area contributed by atoms with Gasteiger partial charge in [0.25, 0.3) is 0 Å². The van der Waals surface area contributed by atoms with Gasteiger partial charge in [0.1, 0.15) is 11.5 Å². The molecular weight excluding hydrogens is 467 g/mol. The molecule has 0 aliphatic rings. The summed E-state index contributed by atoms with van der Waals surface area (Å²) in [5, 5.41) is 3.10. The minimum atomic E-state index is 0. The molecular formula is C21H31IN4O2. The lowest BCUT2D eigenvalue weighted by atomic mass is 10.1. The smallest absolute Gasteiger partial charge is 0.193 e. The summed E-state index contributed by atoms with van der Waals surface area (Å²) in [7, 11) is 5.35. The monoisotopic (exact) mass is 498 g/mol. The Morgan fingerprint density at radius 1 is 1.11 bits per heavy atom. The fourth-order valence-corrected chi connectivity index (χ4v) is 2.58. The molecule has 0 saturated heterocycles. The molecule has 0 atom stereocenters. The van der Waals surface area contributed by atoms with E-state index in [9.17, 15) is 0 Å². The normalized spacial score (nSPS) is 11.3. The Morgan fingerprint density at radius 3 is 2.39 bits per heavy atom. The summed E-state index contributed by atoms with van der Waals surface area (Å²) >= 11 is 0. The van der Waals surface area contributed by atoms with Gasteiger partial charge in [-0.25, -0.2) is 4.99 Å². The zero-order valence-corrected chi connectivity index (χ0v) is 19.6. The first kappa shape index (κ1) is 24.0. The predicted molar refractivity (Wildman–Crippen MR) is 127 cm³/mol. The zero-order chi connectivity index (χ0) is 19.8. The summed E-state index contributed by atoms with van der Waals surface area (Å²) in [6.07, 6.45) is 0. The number of rotatable bonds is 8. The first-order chi connectivity index (χ1) is 12.9. The number of halogens is 1. The van der Waals surface area contributed by atoms with Gasteiger partial charge in [-0.15, -0.1) is 24.0 Å². The first-order valence-electron chi connectivity index (χ1n) is 9.00. The molecule has 0 spiro atoms. The number of methoxy groups -OCH3 is 2. The molecule has 0 heterocycles. The Labute approximate surface area is 185 Å². The second-order valence-electron chi connectivity index (χ2n) is 6.67. The molecule has 0 aromatic heterocycles. The van der Waals surface area contributed by atoms with Crippen molar-refractivity contribution >= 4 is 35.6 Å². The maximum absolute atomic E-state index is 6.10. The van der Waals surface area contributed by atoms with Crippen molar-refractivity contribution in [2.24, 2.45) is 10.7 Å². The van der Waals surface area contributed by atoms with Gasteiger partial charge in [0.15, 0.2) is 5.96 Å². The zero-order valence-electron chi connectivity index (χ0n) is 17.2. The van der Waals surface area contributed by atoms with Crippen molar-refractivity contribution in [3.05, 3.63) is 53.6 Å². The van der Waals surface area contributed by atoms with Gasteiger partial charge in [-0.05, 0) is 44.2 Å². The van der Waals surface area contributed by atoms with E-state index in [-0.39, 0.29) is 24.0 Å². The molecule has 6 nitrogen and oxygen atoms in total. The second-order valence-corrected chi connectivity index (χ2v) is 6.67. The van der Waals surface area contributed by atoms with Crippen LogP contribution in [0.2, 0.25) is 0 Å². The van der Waals surface area contributed by atoms with Crippen molar-refractivity contribution in [1.82, 2.24) is 4.90 Å². The van der Waals surface area contributed by atoms with Crippen molar-refractivity contribution in [3.8, 4) is 11.5 Å². The summed E-state index contributed by atoms with van der Waals surface area (Å²) in [6.45, 7) is 5.75. The van der Waals surface area contributed by atoms with E-state index < -0.39 is 0 Å². The third kappa shape index (κ3) is 6.87. The van der Waals surface area contributed by atoms with Crippen LogP contribution in [-0.2, 0) is 13.1 Å².